The third-order valence-corrected chi connectivity index (χ3v) is 3.22. The Kier molecular flexibility index (Phi) is 3.65. The van der Waals surface area contributed by atoms with Gasteiger partial charge in [0.25, 0.3) is 5.91 Å². The summed E-state index contributed by atoms with van der Waals surface area (Å²) in [5.41, 5.74) is 2.19. The molecule has 0 unspecified atom stereocenters. The minimum absolute atomic E-state index is 0.182. The molecule has 1 amide bonds. The van der Waals surface area contributed by atoms with E-state index in [0.717, 1.165) is 11.4 Å². The largest absolute Gasteiger partial charge is 0.319 e. The molecule has 0 atom stereocenters. The molecule has 0 saturated carbocycles. The van der Waals surface area contributed by atoms with E-state index in [-0.39, 0.29) is 5.91 Å². The average Bonchev–Trinajstić information content (AvgIpc) is 2.94. The molecular formula is C16H15N5O. The monoisotopic (exact) mass is 293 g/mol. The lowest BCUT2D eigenvalue weighted by Gasteiger charge is -2.07. The minimum Gasteiger partial charge on any atom is -0.319 e. The van der Waals surface area contributed by atoms with Gasteiger partial charge in [0.1, 0.15) is 5.82 Å². The Balaban J connectivity index is 1.76. The van der Waals surface area contributed by atoms with Crippen molar-refractivity contribution in [1.82, 2.24) is 19.5 Å². The molecule has 2 heterocycles. The third-order valence-electron chi connectivity index (χ3n) is 3.22. The van der Waals surface area contributed by atoms with Gasteiger partial charge in [-0.2, -0.15) is 0 Å². The standard InChI is InChI=1S/C16H15N5O/c1-11-4-3-5-13(8-11)15(22)20-14-9-18-16(19-10-14)21-7-6-17-12(21)2/h3-10H,1-2H3,(H,20,22). The first-order valence-electron chi connectivity index (χ1n) is 6.84. The zero-order valence-corrected chi connectivity index (χ0v) is 12.3. The maximum Gasteiger partial charge on any atom is 0.255 e. The van der Waals surface area contributed by atoms with Crippen molar-refractivity contribution in [2.45, 2.75) is 13.8 Å². The Bertz CT molecular complexity index is 807. The summed E-state index contributed by atoms with van der Waals surface area (Å²) in [6, 6.07) is 7.40. The number of imidazole rings is 1. The number of carbonyl (C=O) groups excluding carboxylic acids is 1. The van der Waals surface area contributed by atoms with E-state index in [2.05, 4.69) is 20.3 Å². The van der Waals surface area contributed by atoms with E-state index in [9.17, 15) is 4.79 Å². The average molecular weight is 293 g/mol. The van der Waals surface area contributed by atoms with Crippen molar-refractivity contribution in [2.75, 3.05) is 5.32 Å². The van der Waals surface area contributed by atoms with Crippen LogP contribution in [0.2, 0.25) is 0 Å². The van der Waals surface area contributed by atoms with Gasteiger partial charge in [-0.05, 0) is 26.0 Å². The van der Waals surface area contributed by atoms with E-state index >= 15 is 0 Å². The number of rotatable bonds is 3. The second-order valence-corrected chi connectivity index (χ2v) is 4.94. The normalized spacial score (nSPS) is 10.5. The Morgan fingerprint density at radius 2 is 1.91 bits per heavy atom. The number of nitrogens with zero attached hydrogens (tertiary/aromatic N) is 4. The summed E-state index contributed by atoms with van der Waals surface area (Å²) < 4.78 is 1.77. The van der Waals surface area contributed by atoms with Crippen LogP contribution in [-0.2, 0) is 0 Å². The van der Waals surface area contributed by atoms with Crippen LogP contribution in [0.5, 0.6) is 0 Å². The Hall–Kier alpha value is -3.02. The van der Waals surface area contributed by atoms with Crippen molar-refractivity contribution < 1.29 is 4.79 Å². The Labute approximate surface area is 127 Å². The first-order valence-corrected chi connectivity index (χ1v) is 6.84. The smallest absolute Gasteiger partial charge is 0.255 e. The molecule has 1 N–H and O–H groups in total. The van der Waals surface area contributed by atoms with Crippen molar-refractivity contribution >= 4 is 11.6 Å². The number of hydrogen-bond acceptors (Lipinski definition) is 4. The lowest BCUT2D eigenvalue weighted by Crippen LogP contribution is -2.13. The summed E-state index contributed by atoms with van der Waals surface area (Å²) in [4.78, 5) is 24.8. The summed E-state index contributed by atoms with van der Waals surface area (Å²) >= 11 is 0. The maximum atomic E-state index is 12.2. The molecule has 0 aliphatic carbocycles. The second kappa shape index (κ2) is 5.77. The van der Waals surface area contributed by atoms with Gasteiger partial charge in [-0.25, -0.2) is 15.0 Å². The molecule has 0 fully saturated rings. The molecule has 110 valence electrons. The zero-order chi connectivity index (χ0) is 15.5. The number of anilines is 1. The van der Waals surface area contributed by atoms with Crippen LogP contribution in [0.3, 0.4) is 0 Å². The summed E-state index contributed by atoms with van der Waals surface area (Å²) in [5, 5.41) is 2.78. The molecule has 0 aliphatic heterocycles. The van der Waals surface area contributed by atoms with Crippen molar-refractivity contribution in [3.8, 4) is 5.95 Å². The summed E-state index contributed by atoms with van der Waals surface area (Å²) in [6.07, 6.45) is 6.63. The van der Waals surface area contributed by atoms with Crippen LogP contribution in [0.25, 0.3) is 5.95 Å². The number of hydrogen-bond donors (Lipinski definition) is 1. The Morgan fingerprint density at radius 3 is 2.55 bits per heavy atom. The molecule has 3 aromatic rings. The van der Waals surface area contributed by atoms with Crippen LogP contribution >= 0.6 is 0 Å². The first kappa shape index (κ1) is 13.9. The van der Waals surface area contributed by atoms with Gasteiger partial charge in [0.15, 0.2) is 0 Å². The lowest BCUT2D eigenvalue weighted by molar-refractivity contribution is 0.102. The third kappa shape index (κ3) is 2.85. The SMILES string of the molecule is Cc1cccc(C(=O)Nc2cnc(-n3ccnc3C)nc2)c1. The molecule has 0 saturated heterocycles. The Morgan fingerprint density at radius 1 is 1.14 bits per heavy atom. The predicted molar refractivity (Wildman–Crippen MR) is 83.0 cm³/mol. The van der Waals surface area contributed by atoms with E-state index in [1.54, 1.807) is 35.4 Å². The van der Waals surface area contributed by atoms with Crippen LogP contribution in [-0.4, -0.2) is 25.4 Å². The van der Waals surface area contributed by atoms with Gasteiger partial charge in [-0.1, -0.05) is 17.7 Å². The van der Waals surface area contributed by atoms with E-state index in [1.165, 1.54) is 0 Å². The number of nitrogens with one attached hydrogen (secondary N) is 1. The minimum atomic E-state index is -0.182. The van der Waals surface area contributed by atoms with Gasteiger partial charge in [-0.15, -0.1) is 0 Å². The fourth-order valence-corrected chi connectivity index (χ4v) is 2.09. The van der Waals surface area contributed by atoms with Crippen LogP contribution in [0, 0.1) is 13.8 Å². The molecule has 2 aromatic heterocycles. The number of benzene rings is 1. The van der Waals surface area contributed by atoms with Gasteiger partial charge in [0.05, 0.1) is 18.1 Å². The molecular weight excluding hydrogens is 278 g/mol. The fraction of sp³-hybridized carbons (Fsp3) is 0.125. The van der Waals surface area contributed by atoms with Crippen molar-refractivity contribution in [3.05, 3.63) is 66.0 Å². The van der Waals surface area contributed by atoms with Gasteiger partial charge < -0.3 is 5.32 Å². The van der Waals surface area contributed by atoms with Crippen molar-refractivity contribution in [3.63, 3.8) is 0 Å². The fourth-order valence-electron chi connectivity index (χ4n) is 2.09. The lowest BCUT2D eigenvalue weighted by atomic mass is 10.1. The molecule has 22 heavy (non-hydrogen) atoms. The molecule has 0 bridgehead atoms. The molecule has 6 nitrogen and oxygen atoms in total. The topological polar surface area (TPSA) is 72.7 Å². The predicted octanol–water partition coefficient (Wildman–Crippen LogP) is 2.53. The number of carbonyl (C=O) groups is 1. The van der Waals surface area contributed by atoms with Crippen LogP contribution in [0.15, 0.2) is 49.1 Å². The number of aromatic nitrogens is 4. The van der Waals surface area contributed by atoms with E-state index in [4.69, 9.17) is 0 Å². The second-order valence-electron chi connectivity index (χ2n) is 4.94. The zero-order valence-electron chi connectivity index (χ0n) is 12.3. The highest BCUT2D eigenvalue weighted by Gasteiger charge is 2.08. The molecule has 3 rings (SSSR count). The van der Waals surface area contributed by atoms with E-state index in [0.29, 0.717) is 17.2 Å². The maximum absolute atomic E-state index is 12.2. The highest BCUT2D eigenvalue weighted by molar-refractivity contribution is 6.04. The van der Waals surface area contributed by atoms with Crippen molar-refractivity contribution in [2.24, 2.45) is 0 Å². The van der Waals surface area contributed by atoms with Gasteiger partial charge in [0.2, 0.25) is 5.95 Å². The quantitative estimate of drug-likeness (QED) is 0.805. The highest BCUT2D eigenvalue weighted by atomic mass is 16.1. The number of aryl methyl sites for hydroxylation is 2. The highest BCUT2D eigenvalue weighted by Crippen LogP contribution is 2.11. The number of amides is 1. The van der Waals surface area contributed by atoms with Crippen LogP contribution in [0.4, 0.5) is 5.69 Å². The van der Waals surface area contributed by atoms with Crippen molar-refractivity contribution in [1.29, 1.82) is 0 Å². The summed E-state index contributed by atoms with van der Waals surface area (Å²) in [6.45, 7) is 3.82. The molecule has 6 heteroatoms. The first-order chi connectivity index (χ1) is 10.6. The molecule has 0 aliphatic rings. The molecule has 0 spiro atoms. The van der Waals surface area contributed by atoms with Crippen LogP contribution in [0.1, 0.15) is 21.7 Å². The summed E-state index contributed by atoms with van der Waals surface area (Å²) in [7, 11) is 0. The molecule has 1 aromatic carbocycles. The van der Waals surface area contributed by atoms with Gasteiger partial charge >= 0.3 is 0 Å². The molecule has 0 radical (unpaired) electrons. The van der Waals surface area contributed by atoms with E-state index in [1.807, 2.05) is 32.0 Å². The van der Waals surface area contributed by atoms with Crippen LogP contribution < -0.4 is 5.32 Å². The van der Waals surface area contributed by atoms with E-state index < -0.39 is 0 Å². The van der Waals surface area contributed by atoms with Gasteiger partial charge in [0, 0.05) is 18.0 Å². The van der Waals surface area contributed by atoms with Gasteiger partial charge in [-0.3, -0.25) is 9.36 Å². The summed E-state index contributed by atoms with van der Waals surface area (Å²) in [5.74, 6) is 1.14.